The van der Waals surface area contributed by atoms with Gasteiger partial charge in [-0.05, 0) is 23.8 Å². The van der Waals surface area contributed by atoms with E-state index in [0.29, 0.717) is 6.42 Å². The molecule has 0 N–H and O–H groups in total. The Morgan fingerprint density at radius 3 is 2.78 bits per heavy atom. The number of benzene rings is 2. The van der Waals surface area contributed by atoms with Crippen LogP contribution < -0.4 is 4.90 Å². The zero-order valence-electron chi connectivity index (χ0n) is 13.0. The van der Waals surface area contributed by atoms with Crippen molar-refractivity contribution < 1.29 is 4.79 Å². The van der Waals surface area contributed by atoms with Crippen molar-refractivity contribution in [3.63, 3.8) is 0 Å². The summed E-state index contributed by atoms with van der Waals surface area (Å²) >= 11 is 1.77. The molecule has 23 heavy (non-hydrogen) atoms. The Hall–Kier alpha value is -2.20. The van der Waals surface area contributed by atoms with E-state index in [-0.39, 0.29) is 5.91 Å². The maximum absolute atomic E-state index is 12.1. The lowest BCUT2D eigenvalue weighted by molar-refractivity contribution is -0.117. The van der Waals surface area contributed by atoms with E-state index in [0.717, 1.165) is 18.0 Å². The second-order valence-electron chi connectivity index (χ2n) is 5.86. The Kier molecular flexibility index (Phi) is 3.62. The molecule has 2 aromatic carbocycles. The molecular formula is C19H18N2OS. The fourth-order valence-electron chi connectivity index (χ4n) is 3.05. The first-order valence-corrected chi connectivity index (χ1v) is 8.77. The first-order valence-electron chi connectivity index (χ1n) is 7.78. The molecular weight excluding hydrogens is 304 g/mol. The number of thioether (sulfide) groups is 1. The zero-order chi connectivity index (χ0) is 15.8. The maximum atomic E-state index is 12.1. The van der Waals surface area contributed by atoms with Gasteiger partial charge in [-0.25, -0.2) is 0 Å². The van der Waals surface area contributed by atoms with Gasteiger partial charge < -0.3 is 9.47 Å². The highest BCUT2D eigenvalue weighted by Crippen LogP contribution is 2.37. The molecule has 0 saturated carbocycles. The summed E-state index contributed by atoms with van der Waals surface area (Å²) in [5.74, 6) is 1.04. The quantitative estimate of drug-likeness (QED) is 0.708. The average Bonchev–Trinajstić information content (AvgIpc) is 2.90. The van der Waals surface area contributed by atoms with Crippen LogP contribution in [0, 0.1) is 0 Å². The molecule has 0 bridgehead atoms. The van der Waals surface area contributed by atoms with Gasteiger partial charge in [0.15, 0.2) is 0 Å². The van der Waals surface area contributed by atoms with Crippen molar-refractivity contribution in [2.45, 2.75) is 17.9 Å². The summed E-state index contributed by atoms with van der Waals surface area (Å²) in [6, 6.07) is 17.0. The highest BCUT2D eigenvalue weighted by atomic mass is 32.2. The molecule has 0 radical (unpaired) electrons. The minimum Gasteiger partial charge on any atom is -0.343 e. The van der Waals surface area contributed by atoms with E-state index in [1.165, 1.54) is 21.4 Å². The lowest BCUT2D eigenvalue weighted by atomic mass is 10.2. The van der Waals surface area contributed by atoms with Crippen LogP contribution in [0.4, 0.5) is 5.69 Å². The molecule has 4 heteroatoms. The number of fused-ring (bicyclic) bond motifs is 2. The van der Waals surface area contributed by atoms with E-state index < -0.39 is 0 Å². The Morgan fingerprint density at radius 1 is 1.13 bits per heavy atom. The Labute approximate surface area is 139 Å². The van der Waals surface area contributed by atoms with E-state index >= 15 is 0 Å². The van der Waals surface area contributed by atoms with Gasteiger partial charge in [-0.2, -0.15) is 0 Å². The van der Waals surface area contributed by atoms with Gasteiger partial charge in [-0.15, -0.1) is 11.8 Å². The highest BCUT2D eigenvalue weighted by Gasteiger charge is 2.20. The molecule has 116 valence electrons. The molecule has 1 aliphatic heterocycles. The maximum Gasteiger partial charge on any atom is 0.227 e. The summed E-state index contributed by atoms with van der Waals surface area (Å²) in [5, 5.41) is 1.18. The predicted octanol–water partition coefficient (Wildman–Crippen LogP) is 4.15. The molecule has 0 spiro atoms. The van der Waals surface area contributed by atoms with Crippen LogP contribution >= 0.6 is 11.8 Å². The summed E-state index contributed by atoms with van der Waals surface area (Å²) in [6.07, 6.45) is 2.73. The Bertz CT molecular complexity index is 870. The van der Waals surface area contributed by atoms with Crippen molar-refractivity contribution in [1.82, 2.24) is 4.57 Å². The van der Waals surface area contributed by atoms with Gasteiger partial charge in [0.2, 0.25) is 5.91 Å². The first-order chi connectivity index (χ1) is 11.2. The van der Waals surface area contributed by atoms with Gasteiger partial charge in [-0.1, -0.05) is 30.3 Å². The van der Waals surface area contributed by atoms with Gasteiger partial charge in [0, 0.05) is 47.8 Å². The second kappa shape index (κ2) is 5.78. The van der Waals surface area contributed by atoms with Crippen LogP contribution in [0.15, 0.2) is 59.6 Å². The topological polar surface area (TPSA) is 25.2 Å². The SMILES string of the molecule is CN1C(=O)CCSc2cc3c(ccn3Cc3ccccc3)cc21. The fourth-order valence-corrected chi connectivity index (χ4v) is 4.09. The lowest BCUT2D eigenvalue weighted by Crippen LogP contribution is -2.25. The number of carbonyl (C=O) groups is 1. The average molecular weight is 322 g/mol. The summed E-state index contributed by atoms with van der Waals surface area (Å²) in [4.78, 5) is 15.1. The standard InChI is InChI=1S/C19H18N2OS/c1-20-17-11-15-7-9-21(13-14-5-3-2-4-6-14)16(15)12-18(17)23-10-8-19(20)22/h2-7,9,11-12H,8,10,13H2,1H3. The minimum atomic E-state index is 0.194. The number of hydrogen-bond donors (Lipinski definition) is 0. The van der Waals surface area contributed by atoms with Crippen molar-refractivity contribution in [2.75, 3.05) is 17.7 Å². The van der Waals surface area contributed by atoms with Crippen molar-refractivity contribution >= 4 is 34.3 Å². The number of aromatic nitrogens is 1. The smallest absolute Gasteiger partial charge is 0.227 e. The Balaban J connectivity index is 1.78. The number of hydrogen-bond acceptors (Lipinski definition) is 2. The van der Waals surface area contributed by atoms with Gasteiger partial charge >= 0.3 is 0 Å². The van der Waals surface area contributed by atoms with Gasteiger partial charge in [0.1, 0.15) is 0 Å². The summed E-state index contributed by atoms with van der Waals surface area (Å²) < 4.78 is 2.28. The third-order valence-corrected chi connectivity index (χ3v) is 5.40. The molecule has 0 fully saturated rings. The van der Waals surface area contributed by atoms with Crippen LogP contribution in [-0.4, -0.2) is 23.3 Å². The van der Waals surface area contributed by atoms with Gasteiger partial charge in [-0.3, -0.25) is 4.79 Å². The van der Waals surface area contributed by atoms with E-state index in [9.17, 15) is 4.79 Å². The molecule has 0 atom stereocenters. The first kappa shape index (κ1) is 14.4. The molecule has 1 aliphatic rings. The zero-order valence-corrected chi connectivity index (χ0v) is 13.8. The molecule has 0 saturated heterocycles. The molecule has 0 unspecified atom stereocenters. The summed E-state index contributed by atoms with van der Waals surface area (Å²) in [6.45, 7) is 0.864. The van der Waals surface area contributed by atoms with Crippen LogP contribution in [0.3, 0.4) is 0 Å². The molecule has 1 aromatic heterocycles. The van der Waals surface area contributed by atoms with Crippen LogP contribution in [0.1, 0.15) is 12.0 Å². The molecule has 3 nitrogen and oxygen atoms in total. The highest BCUT2D eigenvalue weighted by molar-refractivity contribution is 7.99. The van der Waals surface area contributed by atoms with Crippen LogP contribution in [0.5, 0.6) is 0 Å². The van der Waals surface area contributed by atoms with E-state index in [4.69, 9.17) is 0 Å². The number of anilines is 1. The minimum absolute atomic E-state index is 0.194. The van der Waals surface area contributed by atoms with Crippen LogP contribution in [-0.2, 0) is 11.3 Å². The molecule has 1 amide bonds. The number of rotatable bonds is 2. The third-order valence-electron chi connectivity index (χ3n) is 4.36. The van der Waals surface area contributed by atoms with Crippen LogP contribution in [0.25, 0.3) is 10.9 Å². The number of carbonyl (C=O) groups excluding carboxylic acids is 1. The second-order valence-corrected chi connectivity index (χ2v) is 7.00. The number of nitrogens with zero attached hydrogens (tertiary/aromatic N) is 2. The summed E-state index contributed by atoms with van der Waals surface area (Å²) in [5.41, 5.74) is 3.55. The third kappa shape index (κ3) is 2.63. The van der Waals surface area contributed by atoms with Gasteiger partial charge in [0.25, 0.3) is 0 Å². The Morgan fingerprint density at radius 2 is 1.96 bits per heavy atom. The molecule has 0 aliphatic carbocycles. The predicted molar refractivity (Wildman–Crippen MR) is 96.2 cm³/mol. The summed E-state index contributed by atoms with van der Waals surface area (Å²) in [7, 11) is 1.87. The van der Waals surface area contributed by atoms with Gasteiger partial charge in [0.05, 0.1) is 5.69 Å². The van der Waals surface area contributed by atoms with Crippen molar-refractivity contribution in [3.8, 4) is 0 Å². The van der Waals surface area contributed by atoms with E-state index in [1.807, 2.05) is 13.1 Å². The van der Waals surface area contributed by atoms with Crippen molar-refractivity contribution in [2.24, 2.45) is 0 Å². The lowest BCUT2D eigenvalue weighted by Gasteiger charge is -2.17. The van der Waals surface area contributed by atoms with Crippen molar-refractivity contribution in [3.05, 3.63) is 60.3 Å². The number of amides is 1. The monoisotopic (exact) mass is 322 g/mol. The largest absolute Gasteiger partial charge is 0.343 e. The normalized spacial score (nSPS) is 14.8. The van der Waals surface area contributed by atoms with Crippen LogP contribution in [0.2, 0.25) is 0 Å². The molecule has 2 heterocycles. The molecule has 3 aromatic rings. The van der Waals surface area contributed by atoms with Crippen molar-refractivity contribution in [1.29, 1.82) is 0 Å². The van der Waals surface area contributed by atoms with E-state index in [1.54, 1.807) is 16.7 Å². The van der Waals surface area contributed by atoms with E-state index in [2.05, 4.69) is 53.2 Å². The fraction of sp³-hybridized carbons (Fsp3) is 0.211. The molecule has 4 rings (SSSR count).